The van der Waals surface area contributed by atoms with E-state index in [0.717, 1.165) is 24.3 Å². The molecule has 0 unspecified atom stereocenters. The van der Waals surface area contributed by atoms with Crippen LogP contribution in [-0.4, -0.2) is 24.8 Å². The second kappa shape index (κ2) is 11.5. The quantitative estimate of drug-likeness (QED) is 0.467. The molecule has 0 aromatic heterocycles. The summed E-state index contributed by atoms with van der Waals surface area (Å²) in [4.78, 5) is 0.406. The lowest BCUT2D eigenvalue weighted by molar-refractivity contribution is 0.0971. The fourth-order valence-corrected chi connectivity index (χ4v) is 2.16. The molecule has 0 radical (unpaired) electrons. The molecule has 3 nitrogen and oxygen atoms in total. The summed E-state index contributed by atoms with van der Waals surface area (Å²) in [6.45, 7) is 4.27. The van der Waals surface area contributed by atoms with Crippen LogP contribution in [0.25, 0.3) is 0 Å². The molecule has 0 fully saturated rings. The van der Waals surface area contributed by atoms with E-state index in [1.165, 1.54) is 32.1 Å². The fourth-order valence-electron chi connectivity index (χ4n) is 2.02. The minimum atomic E-state index is 0.406. The zero-order valence-corrected chi connectivity index (χ0v) is 13.8. The van der Waals surface area contributed by atoms with E-state index >= 15 is 0 Å². The molecule has 0 saturated heterocycles. The third-order valence-electron chi connectivity index (χ3n) is 3.28. The number of nitrogens with two attached hydrogens (primary N) is 1. The first-order valence-electron chi connectivity index (χ1n) is 7.84. The van der Waals surface area contributed by atoms with Crippen molar-refractivity contribution in [2.45, 2.75) is 45.4 Å². The Morgan fingerprint density at radius 2 is 1.62 bits per heavy atom. The van der Waals surface area contributed by atoms with Crippen molar-refractivity contribution in [1.82, 2.24) is 0 Å². The van der Waals surface area contributed by atoms with Crippen molar-refractivity contribution in [3.8, 4) is 5.75 Å². The summed E-state index contributed by atoms with van der Waals surface area (Å²) in [5.74, 6) is 0.818. The van der Waals surface area contributed by atoms with Gasteiger partial charge in [0.1, 0.15) is 17.3 Å². The van der Waals surface area contributed by atoms with Crippen LogP contribution < -0.4 is 10.5 Å². The zero-order valence-electron chi connectivity index (χ0n) is 13.0. The summed E-state index contributed by atoms with van der Waals surface area (Å²) in [6.07, 6.45) is 7.73. The van der Waals surface area contributed by atoms with E-state index in [-0.39, 0.29) is 0 Å². The highest BCUT2D eigenvalue weighted by molar-refractivity contribution is 7.80. The second-order valence-corrected chi connectivity index (χ2v) is 5.56. The van der Waals surface area contributed by atoms with Crippen molar-refractivity contribution >= 4 is 17.2 Å². The normalized spacial score (nSPS) is 10.5. The predicted octanol–water partition coefficient (Wildman–Crippen LogP) is 4.08. The Morgan fingerprint density at radius 3 is 2.29 bits per heavy atom. The largest absolute Gasteiger partial charge is 0.491 e. The summed E-state index contributed by atoms with van der Waals surface area (Å²) in [6, 6.07) is 7.49. The molecule has 0 heterocycles. The van der Waals surface area contributed by atoms with Crippen molar-refractivity contribution in [2.24, 2.45) is 5.73 Å². The Hall–Kier alpha value is -1.13. The molecule has 118 valence electrons. The Balaban J connectivity index is 1.98. The van der Waals surface area contributed by atoms with Crippen molar-refractivity contribution in [3.63, 3.8) is 0 Å². The van der Waals surface area contributed by atoms with Gasteiger partial charge < -0.3 is 15.2 Å². The van der Waals surface area contributed by atoms with Crippen LogP contribution in [0.1, 0.15) is 51.0 Å². The first-order chi connectivity index (χ1) is 10.2. The zero-order chi connectivity index (χ0) is 15.3. The van der Waals surface area contributed by atoms with Crippen LogP contribution in [0.3, 0.4) is 0 Å². The van der Waals surface area contributed by atoms with Gasteiger partial charge in [0.25, 0.3) is 0 Å². The van der Waals surface area contributed by atoms with Gasteiger partial charge >= 0.3 is 0 Å². The topological polar surface area (TPSA) is 44.5 Å². The maximum absolute atomic E-state index is 5.59. The van der Waals surface area contributed by atoms with E-state index in [2.05, 4.69) is 6.92 Å². The molecule has 2 N–H and O–H groups in total. The van der Waals surface area contributed by atoms with Gasteiger partial charge in [-0.2, -0.15) is 0 Å². The smallest absolute Gasteiger partial charge is 0.119 e. The van der Waals surface area contributed by atoms with E-state index < -0.39 is 0 Å². The maximum Gasteiger partial charge on any atom is 0.119 e. The number of rotatable bonds is 12. The lowest BCUT2D eigenvalue weighted by Crippen LogP contribution is -2.10. The van der Waals surface area contributed by atoms with Gasteiger partial charge in [-0.1, -0.05) is 51.2 Å². The molecule has 1 aromatic rings. The van der Waals surface area contributed by atoms with Gasteiger partial charge in [0, 0.05) is 12.2 Å². The molecule has 0 aliphatic rings. The molecular weight excluding hydrogens is 282 g/mol. The van der Waals surface area contributed by atoms with E-state index in [0.29, 0.717) is 18.2 Å². The molecule has 0 bridgehead atoms. The average molecular weight is 309 g/mol. The lowest BCUT2D eigenvalue weighted by atomic mass is 10.1. The van der Waals surface area contributed by atoms with Gasteiger partial charge in [-0.3, -0.25) is 0 Å². The van der Waals surface area contributed by atoms with Crippen LogP contribution in [-0.2, 0) is 4.74 Å². The van der Waals surface area contributed by atoms with Crippen LogP contribution in [0, 0.1) is 0 Å². The van der Waals surface area contributed by atoms with Gasteiger partial charge in [-0.05, 0) is 30.7 Å². The Kier molecular flexibility index (Phi) is 9.83. The molecule has 0 aliphatic heterocycles. The number of benzene rings is 1. The highest BCUT2D eigenvalue weighted by Gasteiger charge is 1.98. The Morgan fingerprint density at radius 1 is 0.952 bits per heavy atom. The third-order valence-corrected chi connectivity index (χ3v) is 3.51. The molecular formula is C17H27NO2S. The summed E-state index contributed by atoms with van der Waals surface area (Å²) >= 11 is 4.90. The first-order valence-corrected chi connectivity index (χ1v) is 8.25. The summed E-state index contributed by atoms with van der Waals surface area (Å²) < 4.78 is 11.1. The summed E-state index contributed by atoms with van der Waals surface area (Å²) in [5.41, 5.74) is 6.40. The minimum Gasteiger partial charge on any atom is -0.491 e. The highest BCUT2D eigenvalue weighted by atomic mass is 32.1. The molecule has 1 aromatic carbocycles. The number of hydrogen-bond donors (Lipinski definition) is 1. The van der Waals surface area contributed by atoms with Gasteiger partial charge in [0.15, 0.2) is 0 Å². The van der Waals surface area contributed by atoms with E-state index in [1.807, 2.05) is 24.3 Å². The van der Waals surface area contributed by atoms with Gasteiger partial charge in [0.2, 0.25) is 0 Å². The molecule has 1 rings (SSSR count). The number of thiocarbonyl (C=S) groups is 1. The summed E-state index contributed by atoms with van der Waals surface area (Å²) in [7, 11) is 0. The van der Waals surface area contributed by atoms with Crippen molar-refractivity contribution in [2.75, 3.05) is 19.8 Å². The Labute approximate surface area is 133 Å². The molecule has 21 heavy (non-hydrogen) atoms. The molecule has 0 aliphatic carbocycles. The fraction of sp³-hybridized carbons (Fsp3) is 0.588. The van der Waals surface area contributed by atoms with Crippen molar-refractivity contribution in [3.05, 3.63) is 29.8 Å². The van der Waals surface area contributed by atoms with Crippen LogP contribution in [0.15, 0.2) is 24.3 Å². The van der Waals surface area contributed by atoms with Gasteiger partial charge in [-0.25, -0.2) is 0 Å². The molecule has 0 spiro atoms. The lowest BCUT2D eigenvalue weighted by Gasteiger charge is -2.08. The van der Waals surface area contributed by atoms with Crippen LogP contribution >= 0.6 is 12.2 Å². The number of ether oxygens (including phenoxy) is 2. The van der Waals surface area contributed by atoms with Crippen LogP contribution in [0.4, 0.5) is 0 Å². The van der Waals surface area contributed by atoms with E-state index in [4.69, 9.17) is 27.4 Å². The Bertz CT molecular complexity index is 392. The molecule has 4 heteroatoms. The van der Waals surface area contributed by atoms with Crippen molar-refractivity contribution < 1.29 is 9.47 Å². The van der Waals surface area contributed by atoms with Gasteiger partial charge in [0.05, 0.1) is 6.61 Å². The second-order valence-electron chi connectivity index (χ2n) is 5.12. The third kappa shape index (κ3) is 8.68. The predicted molar refractivity (Wildman–Crippen MR) is 92.0 cm³/mol. The SMILES string of the molecule is CCCCCCCCOCCOc1ccc(C(N)=S)cc1. The van der Waals surface area contributed by atoms with Crippen LogP contribution in [0.2, 0.25) is 0 Å². The molecule has 0 saturated carbocycles. The van der Waals surface area contributed by atoms with E-state index in [1.54, 1.807) is 0 Å². The summed E-state index contributed by atoms with van der Waals surface area (Å²) in [5, 5.41) is 0. The standard InChI is InChI=1S/C17H27NO2S/c1-2-3-4-5-6-7-12-19-13-14-20-16-10-8-15(9-11-16)17(18)21/h8-11H,2-7,12-14H2,1H3,(H2,18,21). The monoisotopic (exact) mass is 309 g/mol. The highest BCUT2D eigenvalue weighted by Crippen LogP contribution is 2.12. The average Bonchev–Trinajstić information content (AvgIpc) is 2.49. The first kappa shape index (κ1) is 17.9. The maximum atomic E-state index is 5.59. The van der Waals surface area contributed by atoms with E-state index in [9.17, 15) is 0 Å². The van der Waals surface area contributed by atoms with Gasteiger partial charge in [-0.15, -0.1) is 0 Å². The molecule has 0 atom stereocenters. The minimum absolute atomic E-state index is 0.406. The molecule has 0 amide bonds. The van der Waals surface area contributed by atoms with Crippen molar-refractivity contribution in [1.29, 1.82) is 0 Å². The van der Waals surface area contributed by atoms with Crippen LogP contribution in [0.5, 0.6) is 5.75 Å². The number of unbranched alkanes of at least 4 members (excludes halogenated alkanes) is 5. The number of hydrogen-bond acceptors (Lipinski definition) is 3.